The highest BCUT2D eigenvalue weighted by atomic mass is 35.5. The predicted molar refractivity (Wildman–Crippen MR) is 95.1 cm³/mol. The molecule has 1 amide bonds. The Balaban J connectivity index is 2.08. The second-order valence-corrected chi connectivity index (χ2v) is 5.94. The van der Waals surface area contributed by atoms with E-state index in [4.69, 9.17) is 11.6 Å². The van der Waals surface area contributed by atoms with Crippen LogP contribution in [0.3, 0.4) is 0 Å². The number of non-ortho nitro benzene ring substituents is 1. The second kappa shape index (κ2) is 8.73. The lowest BCUT2D eigenvalue weighted by Crippen LogP contribution is -2.21. The van der Waals surface area contributed by atoms with Crippen LogP contribution < -0.4 is 5.32 Å². The summed E-state index contributed by atoms with van der Waals surface area (Å²) in [6.07, 6.45) is -4.83. The summed E-state index contributed by atoms with van der Waals surface area (Å²) < 4.78 is 42.7. The number of nitro groups is 2. The number of carbonyl (C=O) groups is 2. The fraction of sp³-hybridized carbons (Fsp3) is 0.125. The number of nitrogens with one attached hydrogen (secondary N) is 1. The Bertz CT molecular complexity index is 1040. The van der Waals surface area contributed by atoms with Crippen LogP contribution in [-0.4, -0.2) is 28.3 Å². The molecular weight excluding hydrogens is 439 g/mol. The molecule has 1 N–H and O–H groups in total. The monoisotopic (exact) mass is 447 g/mol. The topological polar surface area (TPSA) is 142 Å². The molecule has 0 bridgehead atoms. The number of esters is 1. The third-order valence-electron chi connectivity index (χ3n) is 3.51. The lowest BCUT2D eigenvalue weighted by atomic mass is 10.1. The number of anilines is 1. The number of rotatable bonds is 6. The molecule has 0 spiro atoms. The van der Waals surface area contributed by atoms with E-state index in [9.17, 15) is 43.0 Å². The maximum absolute atomic E-state index is 12.7. The number of nitro benzene ring substituents is 2. The summed E-state index contributed by atoms with van der Waals surface area (Å²) in [5.41, 5.74) is -3.50. The van der Waals surface area contributed by atoms with Gasteiger partial charge in [0.15, 0.2) is 6.61 Å². The van der Waals surface area contributed by atoms with Crippen LogP contribution in [0.2, 0.25) is 5.02 Å². The first-order valence-electron chi connectivity index (χ1n) is 7.66. The Morgan fingerprint density at radius 2 is 1.73 bits per heavy atom. The normalized spacial score (nSPS) is 10.9. The molecule has 0 heterocycles. The van der Waals surface area contributed by atoms with Crippen LogP contribution in [0.4, 0.5) is 30.2 Å². The summed E-state index contributed by atoms with van der Waals surface area (Å²) in [5, 5.41) is 23.3. The van der Waals surface area contributed by atoms with Gasteiger partial charge < -0.3 is 10.1 Å². The number of carbonyl (C=O) groups excluding carboxylic acids is 2. The zero-order valence-electron chi connectivity index (χ0n) is 14.4. The molecule has 14 heteroatoms. The minimum absolute atomic E-state index is 0.248. The number of halogens is 4. The van der Waals surface area contributed by atoms with Crippen molar-refractivity contribution in [1.29, 1.82) is 0 Å². The van der Waals surface area contributed by atoms with E-state index >= 15 is 0 Å². The van der Waals surface area contributed by atoms with Gasteiger partial charge in [-0.3, -0.25) is 25.0 Å². The Labute approximate surface area is 169 Å². The number of hydrogen-bond donors (Lipinski definition) is 1. The van der Waals surface area contributed by atoms with Gasteiger partial charge in [0.1, 0.15) is 5.69 Å². The first-order chi connectivity index (χ1) is 13.9. The molecule has 2 aromatic carbocycles. The predicted octanol–water partition coefficient (Wildman–Crippen LogP) is 3.97. The maximum Gasteiger partial charge on any atom is 0.416 e. The lowest BCUT2D eigenvalue weighted by Gasteiger charge is -2.10. The van der Waals surface area contributed by atoms with Gasteiger partial charge in [0.25, 0.3) is 17.3 Å². The van der Waals surface area contributed by atoms with Crippen molar-refractivity contribution in [3.63, 3.8) is 0 Å². The van der Waals surface area contributed by atoms with Crippen molar-refractivity contribution in [3.05, 3.63) is 72.8 Å². The van der Waals surface area contributed by atoms with E-state index in [1.165, 1.54) is 0 Å². The van der Waals surface area contributed by atoms with Gasteiger partial charge in [0.2, 0.25) is 0 Å². The largest absolute Gasteiger partial charge is 0.452 e. The zero-order chi connectivity index (χ0) is 22.6. The highest BCUT2D eigenvalue weighted by molar-refractivity contribution is 6.33. The number of amides is 1. The average molecular weight is 448 g/mol. The molecule has 0 unspecified atom stereocenters. The van der Waals surface area contributed by atoms with Gasteiger partial charge in [-0.05, 0) is 18.2 Å². The van der Waals surface area contributed by atoms with E-state index in [1.807, 2.05) is 5.32 Å². The van der Waals surface area contributed by atoms with Crippen molar-refractivity contribution in [2.75, 3.05) is 11.9 Å². The summed E-state index contributed by atoms with van der Waals surface area (Å²) in [6.45, 7) is -0.954. The minimum Gasteiger partial charge on any atom is -0.452 e. The first-order valence-corrected chi connectivity index (χ1v) is 8.04. The van der Waals surface area contributed by atoms with Gasteiger partial charge in [-0.1, -0.05) is 11.6 Å². The van der Waals surface area contributed by atoms with Crippen molar-refractivity contribution in [1.82, 2.24) is 0 Å². The molecule has 0 fully saturated rings. The molecular formula is C16H9ClF3N3O7. The molecule has 0 aromatic heterocycles. The van der Waals surface area contributed by atoms with Gasteiger partial charge in [-0.25, -0.2) is 4.79 Å². The number of alkyl halides is 3. The quantitative estimate of drug-likeness (QED) is 0.401. The van der Waals surface area contributed by atoms with Crippen molar-refractivity contribution >= 4 is 40.5 Å². The molecule has 2 aromatic rings. The number of benzene rings is 2. The lowest BCUT2D eigenvalue weighted by molar-refractivity contribution is -0.384. The van der Waals surface area contributed by atoms with Crippen molar-refractivity contribution in [2.24, 2.45) is 0 Å². The summed E-state index contributed by atoms with van der Waals surface area (Å²) in [7, 11) is 0. The van der Waals surface area contributed by atoms with Crippen LogP contribution in [0.5, 0.6) is 0 Å². The van der Waals surface area contributed by atoms with E-state index in [0.29, 0.717) is 12.1 Å². The molecule has 158 valence electrons. The van der Waals surface area contributed by atoms with Crippen LogP contribution in [-0.2, 0) is 15.7 Å². The van der Waals surface area contributed by atoms with Gasteiger partial charge in [0.05, 0.1) is 26.0 Å². The summed E-state index contributed by atoms with van der Waals surface area (Å²) in [4.78, 5) is 43.6. The zero-order valence-corrected chi connectivity index (χ0v) is 15.2. The second-order valence-electron chi connectivity index (χ2n) is 5.53. The number of ether oxygens (including phenoxy) is 1. The molecule has 0 saturated carbocycles. The molecule has 0 radical (unpaired) electrons. The Kier molecular flexibility index (Phi) is 6.56. The first kappa shape index (κ1) is 22.5. The highest BCUT2D eigenvalue weighted by Crippen LogP contribution is 2.35. The van der Waals surface area contributed by atoms with Gasteiger partial charge in [-0.2, -0.15) is 13.2 Å². The Morgan fingerprint density at radius 3 is 2.27 bits per heavy atom. The van der Waals surface area contributed by atoms with Crippen LogP contribution in [0, 0.1) is 20.2 Å². The standard InChI is InChI=1S/C16H9ClF3N3O7/c17-11-6-9(22(26)27)2-3-10(11)15(25)30-7-14(24)21-12-4-1-8(16(18,19)20)5-13(12)23(28)29/h1-6H,7H2,(H,21,24). The van der Waals surface area contributed by atoms with E-state index in [0.717, 1.165) is 18.2 Å². The maximum atomic E-state index is 12.7. The Hall–Kier alpha value is -3.74. The van der Waals surface area contributed by atoms with Gasteiger partial charge in [-0.15, -0.1) is 0 Å². The van der Waals surface area contributed by atoms with E-state index in [-0.39, 0.29) is 22.3 Å². The van der Waals surface area contributed by atoms with E-state index in [2.05, 4.69) is 4.74 Å². The molecule has 10 nitrogen and oxygen atoms in total. The minimum atomic E-state index is -4.83. The molecule has 0 aliphatic carbocycles. The molecule has 2 rings (SSSR count). The fourth-order valence-electron chi connectivity index (χ4n) is 2.14. The average Bonchev–Trinajstić information content (AvgIpc) is 2.65. The number of nitrogens with zero attached hydrogens (tertiary/aromatic N) is 2. The molecule has 0 saturated heterocycles. The van der Waals surface area contributed by atoms with Crippen molar-refractivity contribution in [2.45, 2.75) is 6.18 Å². The molecule has 0 atom stereocenters. The summed E-state index contributed by atoms with van der Waals surface area (Å²) in [6, 6.07) is 4.34. The summed E-state index contributed by atoms with van der Waals surface area (Å²) >= 11 is 5.75. The third kappa shape index (κ3) is 5.41. The van der Waals surface area contributed by atoms with Crippen LogP contribution in [0.15, 0.2) is 36.4 Å². The molecule has 0 aliphatic heterocycles. The number of hydrogen-bond acceptors (Lipinski definition) is 7. The highest BCUT2D eigenvalue weighted by Gasteiger charge is 2.33. The summed E-state index contributed by atoms with van der Waals surface area (Å²) in [5.74, 6) is -2.20. The van der Waals surface area contributed by atoms with Crippen LogP contribution in [0.1, 0.15) is 15.9 Å². The SMILES string of the molecule is O=C(COC(=O)c1ccc([N+](=O)[O-])cc1Cl)Nc1ccc(C(F)(F)F)cc1[N+](=O)[O-]. The fourth-order valence-corrected chi connectivity index (χ4v) is 2.39. The van der Waals surface area contributed by atoms with Crippen molar-refractivity contribution in [3.8, 4) is 0 Å². The van der Waals surface area contributed by atoms with Crippen LogP contribution >= 0.6 is 11.6 Å². The van der Waals surface area contributed by atoms with Gasteiger partial charge >= 0.3 is 12.1 Å². The van der Waals surface area contributed by atoms with Gasteiger partial charge in [0, 0.05) is 18.2 Å². The third-order valence-corrected chi connectivity index (χ3v) is 3.83. The molecule has 0 aliphatic rings. The van der Waals surface area contributed by atoms with Crippen molar-refractivity contribution < 1.29 is 37.3 Å². The van der Waals surface area contributed by atoms with E-state index < -0.39 is 51.4 Å². The van der Waals surface area contributed by atoms with E-state index in [1.54, 1.807) is 0 Å². The smallest absolute Gasteiger partial charge is 0.416 e. The molecule has 30 heavy (non-hydrogen) atoms. The Morgan fingerprint density at radius 1 is 1.07 bits per heavy atom. The van der Waals surface area contributed by atoms with Crippen LogP contribution in [0.25, 0.3) is 0 Å².